The second-order valence-corrected chi connectivity index (χ2v) is 3.94. The quantitative estimate of drug-likeness (QED) is 0.623. The molecule has 1 aliphatic carbocycles. The van der Waals surface area contributed by atoms with Crippen LogP contribution in [0.15, 0.2) is 0 Å². The van der Waals surface area contributed by atoms with Crippen molar-refractivity contribution < 1.29 is 4.79 Å². The Labute approximate surface area is 71.8 Å². The summed E-state index contributed by atoms with van der Waals surface area (Å²) in [7, 11) is 0. The molecule has 0 unspecified atom stereocenters. The van der Waals surface area contributed by atoms with Gasteiger partial charge in [0.15, 0.2) is 0 Å². The van der Waals surface area contributed by atoms with E-state index >= 15 is 0 Å². The average molecular weight is 164 g/mol. The van der Waals surface area contributed by atoms with Crippen molar-refractivity contribution in [3.05, 3.63) is 0 Å². The molecule has 0 aromatic carbocycles. The Morgan fingerprint density at radius 1 is 1.67 bits per heavy atom. The van der Waals surface area contributed by atoms with Crippen LogP contribution in [-0.4, -0.2) is 11.9 Å². The van der Waals surface area contributed by atoms with Crippen molar-refractivity contribution in [1.82, 2.24) is 5.32 Å². The lowest BCUT2D eigenvalue weighted by molar-refractivity contribution is -0.126. The van der Waals surface area contributed by atoms with Gasteiger partial charge < -0.3 is 5.32 Å². The van der Waals surface area contributed by atoms with Crippen molar-refractivity contribution in [2.45, 2.75) is 32.2 Å². The molecule has 1 saturated carbocycles. The van der Waals surface area contributed by atoms with E-state index in [0.29, 0.717) is 12.3 Å². The average Bonchev–Trinajstić information content (AvgIpc) is 2.79. The van der Waals surface area contributed by atoms with Gasteiger partial charge in [-0.05, 0) is 32.1 Å². The summed E-state index contributed by atoms with van der Waals surface area (Å²) >= 11 is 0. The standard InChI is InChI=1S/C9H12N2O/c1-6-4-9(5-10,7-2-3-7)8(12)11-6/h6-7H,2-4H2,1H3,(H,11,12)/t6-,9+/m1/s1. The van der Waals surface area contributed by atoms with Crippen molar-refractivity contribution in [1.29, 1.82) is 5.26 Å². The van der Waals surface area contributed by atoms with Gasteiger partial charge in [-0.1, -0.05) is 0 Å². The molecule has 12 heavy (non-hydrogen) atoms. The molecular weight excluding hydrogens is 152 g/mol. The van der Waals surface area contributed by atoms with E-state index < -0.39 is 5.41 Å². The van der Waals surface area contributed by atoms with E-state index in [2.05, 4.69) is 11.4 Å². The van der Waals surface area contributed by atoms with Gasteiger partial charge in [0, 0.05) is 6.04 Å². The summed E-state index contributed by atoms with van der Waals surface area (Å²) in [5, 5.41) is 11.8. The fourth-order valence-corrected chi connectivity index (χ4v) is 2.10. The van der Waals surface area contributed by atoms with Crippen LogP contribution in [0, 0.1) is 22.7 Å². The van der Waals surface area contributed by atoms with Crippen LogP contribution in [0.5, 0.6) is 0 Å². The van der Waals surface area contributed by atoms with E-state index in [4.69, 9.17) is 5.26 Å². The van der Waals surface area contributed by atoms with Crippen LogP contribution in [0.25, 0.3) is 0 Å². The van der Waals surface area contributed by atoms with Crippen LogP contribution >= 0.6 is 0 Å². The molecule has 1 aliphatic heterocycles. The van der Waals surface area contributed by atoms with Crippen LogP contribution in [0.2, 0.25) is 0 Å². The summed E-state index contributed by atoms with van der Waals surface area (Å²) in [6, 6.07) is 2.39. The molecule has 3 heteroatoms. The molecule has 3 nitrogen and oxygen atoms in total. The Balaban J connectivity index is 2.28. The number of carbonyl (C=O) groups excluding carboxylic acids is 1. The maximum Gasteiger partial charge on any atom is 0.241 e. The van der Waals surface area contributed by atoms with E-state index in [1.807, 2.05) is 6.92 Å². The lowest BCUT2D eigenvalue weighted by Gasteiger charge is -2.15. The van der Waals surface area contributed by atoms with Crippen molar-refractivity contribution in [3.8, 4) is 6.07 Å². The SMILES string of the molecule is C[C@@H]1C[C@](C#N)(C2CC2)C(=O)N1. The Kier molecular flexibility index (Phi) is 1.41. The minimum absolute atomic E-state index is 0.0417. The number of hydrogen-bond donors (Lipinski definition) is 1. The van der Waals surface area contributed by atoms with Gasteiger partial charge in [-0.3, -0.25) is 4.79 Å². The topological polar surface area (TPSA) is 52.9 Å². The van der Waals surface area contributed by atoms with Crippen molar-refractivity contribution >= 4 is 5.91 Å². The second kappa shape index (κ2) is 2.22. The van der Waals surface area contributed by atoms with E-state index in [1.165, 1.54) is 0 Å². The molecule has 1 N–H and O–H groups in total. The molecule has 2 aliphatic rings. The van der Waals surface area contributed by atoms with Gasteiger partial charge in [0.2, 0.25) is 5.91 Å². The highest BCUT2D eigenvalue weighted by atomic mass is 16.2. The van der Waals surface area contributed by atoms with Gasteiger partial charge >= 0.3 is 0 Å². The zero-order valence-electron chi connectivity index (χ0n) is 7.13. The minimum Gasteiger partial charge on any atom is -0.352 e. The van der Waals surface area contributed by atoms with E-state index in [0.717, 1.165) is 12.8 Å². The Bertz CT molecular complexity index is 264. The van der Waals surface area contributed by atoms with Crippen LogP contribution in [0.4, 0.5) is 0 Å². The zero-order valence-corrected chi connectivity index (χ0v) is 7.13. The summed E-state index contributed by atoms with van der Waals surface area (Å²) in [6.07, 6.45) is 2.80. The van der Waals surface area contributed by atoms with Gasteiger partial charge in [-0.25, -0.2) is 0 Å². The molecule has 64 valence electrons. The number of nitrogens with one attached hydrogen (secondary N) is 1. The van der Waals surface area contributed by atoms with Crippen molar-refractivity contribution in [2.24, 2.45) is 11.3 Å². The molecule has 1 heterocycles. The first-order chi connectivity index (χ1) is 5.69. The van der Waals surface area contributed by atoms with Crippen LogP contribution < -0.4 is 5.32 Å². The first kappa shape index (κ1) is 7.60. The largest absolute Gasteiger partial charge is 0.352 e. The molecule has 0 aromatic rings. The van der Waals surface area contributed by atoms with E-state index in [9.17, 15) is 4.79 Å². The molecular formula is C9H12N2O. The van der Waals surface area contributed by atoms with Gasteiger partial charge in [0.1, 0.15) is 5.41 Å². The Morgan fingerprint density at radius 2 is 2.33 bits per heavy atom. The number of nitrogens with zero attached hydrogens (tertiary/aromatic N) is 1. The van der Waals surface area contributed by atoms with Crippen LogP contribution in [0.3, 0.4) is 0 Å². The first-order valence-electron chi connectivity index (χ1n) is 4.41. The number of hydrogen-bond acceptors (Lipinski definition) is 2. The Hall–Kier alpha value is -1.04. The summed E-state index contributed by atoms with van der Waals surface area (Å²) < 4.78 is 0. The van der Waals surface area contributed by atoms with Crippen LogP contribution in [0.1, 0.15) is 26.2 Å². The van der Waals surface area contributed by atoms with Gasteiger partial charge in [0.25, 0.3) is 0 Å². The minimum atomic E-state index is -0.667. The number of nitriles is 1. The number of carbonyl (C=O) groups is 1. The highest BCUT2D eigenvalue weighted by molar-refractivity contribution is 5.88. The fourth-order valence-electron chi connectivity index (χ4n) is 2.10. The second-order valence-electron chi connectivity index (χ2n) is 3.94. The molecule has 0 radical (unpaired) electrons. The molecule has 2 fully saturated rings. The third-order valence-corrected chi connectivity index (χ3v) is 2.88. The first-order valence-corrected chi connectivity index (χ1v) is 4.41. The summed E-state index contributed by atoms with van der Waals surface area (Å²) in [5.41, 5.74) is -0.667. The molecule has 2 atom stereocenters. The van der Waals surface area contributed by atoms with Gasteiger partial charge in [0.05, 0.1) is 6.07 Å². The van der Waals surface area contributed by atoms with E-state index in [-0.39, 0.29) is 11.9 Å². The van der Waals surface area contributed by atoms with Crippen molar-refractivity contribution in [2.75, 3.05) is 0 Å². The summed E-state index contributed by atoms with van der Waals surface area (Å²) in [4.78, 5) is 11.5. The van der Waals surface area contributed by atoms with E-state index in [1.54, 1.807) is 0 Å². The zero-order chi connectivity index (χ0) is 8.77. The smallest absolute Gasteiger partial charge is 0.241 e. The molecule has 2 rings (SSSR count). The highest BCUT2D eigenvalue weighted by Gasteiger charge is 2.55. The lowest BCUT2D eigenvalue weighted by Crippen LogP contribution is -2.32. The maximum absolute atomic E-state index is 11.5. The Morgan fingerprint density at radius 3 is 2.67 bits per heavy atom. The number of amides is 1. The summed E-state index contributed by atoms with van der Waals surface area (Å²) in [5.74, 6) is 0.299. The third kappa shape index (κ3) is 0.842. The lowest BCUT2D eigenvalue weighted by atomic mass is 9.81. The molecule has 0 aromatic heterocycles. The molecule has 1 amide bonds. The van der Waals surface area contributed by atoms with Gasteiger partial charge in [-0.2, -0.15) is 5.26 Å². The molecule has 0 bridgehead atoms. The predicted octanol–water partition coefficient (Wildman–Crippen LogP) is 0.815. The predicted molar refractivity (Wildman–Crippen MR) is 43.0 cm³/mol. The normalized spacial score (nSPS) is 40.7. The van der Waals surface area contributed by atoms with Gasteiger partial charge in [-0.15, -0.1) is 0 Å². The van der Waals surface area contributed by atoms with Crippen molar-refractivity contribution in [3.63, 3.8) is 0 Å². The molecule has 0 spiro atoms. The third-order valence-electron chi connectivity index (χ3n) is 2.88. The van der Waals surface area contributed by atoms with Crippen LogP contribution in [-0.2, 0) is 4.79 Å². The number of rotatable bonds is 1. The monoisotopic (exact) mass is 164 g/mol. The fraction of sp³-hybridized carbons (Fsp3) is 0.778. The summed E-state index contributed by atoms with van der Waals surface area (Å²) in [6.45, 7) is 1.96. The maximum atomic E-state index is 11.5. The highest BCUT2D eigenvalue weighted by Crippen LogP contribution is 2.50. The molecule has 1 saturated heterocycles.